The topological polar surface area (TPSA) is 88.2 Å². The van der Waals surface area contributed by atoms with Crippen LogP contribution in [0.2, 0.25) is 0 Å². The summed E-state index contributed by atoms with van der Waals surface area (Å²) in [5, 5.41) is 18.3. The van der Waals surface area contributed by atoms with E-state index in [9.17, 15) is 25.2 Å². The molecule has 0 aliphatic rings. The molecule has 3 aromatic carbocycles. The second-order valence-electron chi connectivity index (χ2n) is 11.7. The van der Waals surface area contributed by atoms with Crippen LogP contribution in [0.4, 0.5) is 25.2 Å². The summed E-state index contributed by atoms with van der Waals surface area (Å²) in [4.78, 5) is 0. The van der Waals surface area contributed by atoms with Crippen molar-refractivity contribution in [1.29, 1.82) is 0 Å². The molecule has 0 saturated heterocycles. The normalized spacial score (nSPS) is 12.0. The van der Waals surface area contributed by atoms with Crippen molar-refractivity contribution in [2.75, 3.05) is 0 Å². The van der Waals surface area contributed by atoms with Crippen LogP contribution in [0, 0.1) is 41.7 Å². The van der Waals surface area contributed by atoms with E-state index in [1.807, 2.05) is 55.2 Å². The van der Waals surface area contributed by atoms with E-state index in [0.717, 1.165) is 37.1 Å². The number of aryl methyl sites for hydroxylation is 3. The zero-order chi connectivity index (χ0) is 42.1. The molecule has 309 valence electrons. The molecule has 23 heteroatoms. The van der Waals surface area contributed by atoms with Crippen LogP contribution in [0.5, 0.6) is 0 Å². The van der Waals surface area contributed by atoms with Gasteiger partial charge in [-0.3, -0.25) is 0 Å². The summed E-state index contributed by atoms with van der Waals surface area (Å²) in [5.41, 5.74) is 0. The molecule has 0 aliphatic carbocycles. The average molecular weight is 976 g/mol. The number of hydrogen-bond donors (Lipinski definition) is 0. The van der Waals surface area contributed by atoms with Gasteiger partial charge in [0, 0.05) is 39.1 Å². The van der Waals surface area contributed by atoms with Crippen molar-refractivity contribution in [2.45, 2.75) is 61.2 Å². The van der Waals surface area contributed by atoms with Crippen LogP contribution in [0.25, 0.3) is 0 Å². The van der Waals surface area contributed by atoms with Gasteiger partial charge in [0.25, 0.3) is 0 Å². The summed E-state index contributed by atoms with van der Waals surface area (Å²) in [6.45, 7) is 18.6. The summed E-state index contributed by atoms with van der Waals surface area (Å²) < 4.78 is 79.5. The van der Waals surface area contributed by atoms with Gasteiger partial charge in [-0.15, -0.1) is 0 Å². The van der Waals surface area contributed by atoms with E-state index in [0.29, 0.717) is 14.3 Å². The average Bonchev–Trinajstić information content (AvgIpc) is 3.72. The number of nitrogens with zero attached hydrogens (tertiary/aromatic N) is 9. The smallest absolute Gasteiger partial charge is 0 e. The molecule has 10 nitrogen and oxygen atoms in total. The molecule has 6 rings (SSSR count). The van der Waals surface area contributed by atoms with E-state index in [4.69, 9.17) is 41.3 Å². The molecule has 3 heterocycles. The Balaban J connectivity index is 0.000000334. The molecule has 0 aliphatic heterocycles. The second kappa shape index (κ2) is 20.0. The van der Waals surface area contributed by atoms with Gasteiger partial charge in [0.05, 0.1) is 0 Å². The largest absolute Gasteiger partial charge is 0.0622 e. The Morgan fingerprint density at radius 1 is 0.544 bits per heavy atom. The van der Waals surface area contributed by atoms with E-state index in [1.54, 1.807) is 13.8 Å². The third-order valence-corrected chi connectivity index (χ3v) is 11.5. The predicted molar refractivity (Wildman–Crippen MR) is 219 cm³/mol. The molecule has 0 fully saturated rings. The van der Waals surface area contributed by atoms with Crippen molar-refractivity contribution in [3.63, 3.8) is 0 Å². The van der Waals surface area contributed by atoms with Crippen LogP contribution in [-0.2, 0) is 43.8 Å². The van der Waals surface area contributed by atoms with Crippen LogP contribution in [0.3, 0.4) is 0 Å². The van der Waals surface area contributed by atoms with Crippen molar-refractivity contribution >= 4 is 75.4 Å². The van der Waals surface area contributed by atoms with Gasteiger partial charge in [-0.25, -0.2) is 13.8 Å². The minimum atomic E-state index is -10.7. The molecular weight excluding hydrogens is 936 g/mol. The molecule has 0 atom stereocenters. The van der Waals surface area contributed by atoms with Crippen molar-refractivity contribution in [3.05, 3.63) is 129 Å². The van der Waals surface area contributed by atoms with Gasteiger partial charge < -0.3 is 13.7 Å². The van der Waals surface area contributed by atoms with Gasteiger partial charge >= 0.3 is 51.4 Å². The van der Waals surface area contributed by atoms with E-state index < -0.39 is 22.8 Å². The number of aromatic nitrogens is 9. The van der Waals surface area contributed by atoms with Crippen molar-refractivity contribution in [3.8, 4) is 0 Å². The molecule has 1 radical (unpaired) electrons. The summed E-state index contributed by atoms with van der Waals surface area (Å²) >= 11 is 17.1. The Morgan fingerprint density at radius 3 is 0.930 bits per heavy atom. The van der Waals surface area contributed by atoms with Gasteiger partial charge in [-0.05, 0) is 102 Å². The first kappa shape index (κ1) is 49.8. The van der Waals surface area contributed by atoms with Crippen LogP contribution in [-0.4, -0.2) is 49.9 Å². The second-order valence-corrected chi connectivity index (χ2v) is 16.9. The van der Waals surface area contributed by atoms with Crippen molar-refractivity contribution in [1.82, 2.24) is 42.8 Å². The summed E-state index contributed by atoms with van der Waals surface area (Å²) in [7, 11) is -11.7. The van der Waals surface area contributed by atoms with E-state index in [1.165, 1.54) is 15.9 Å². The molecule has 0 N–H and O–H groups in total. The summed E-state index contributed by atoms with van der Waals surface area (Å²) in [6.07, 6.45) is 0. The molecule has 0 unspecified atom stereocenters. The van der Waals surface area contributed by atoms with E-state index in [-0.39, 0.29) is 19.5 Å². The third-order valence-electron chi connectivity index (χ3n) is 7.86. The number of benzene rings is 3. The third kappa shape index (κ3) is 13.9. The SMILES string of the molecule is CCn1c(C)nn(B(n2nc(C)n(CC)c2=S)n2nc(C)n(CC)c2=S)c1=S.F[P-](F)(F)(F)(F)F.[C-]#[O+].[Rh].c1ccc(P(c2ccccc2)c2ccccc2)cc1. The maximum absolute atomic E-state index is 10.7. The monoisotopic (exact) mass is 975 g/mol. The summed E-state index contributed by atoms with van der Waals surface area (Å²) in [5.74, 6) is 2.44. The zero-order valence-corrected chi connectivity index (χ0v) is 37.4. The molecule has 3 aromatic heterocycles. The maximum atomic E-state index is 9.87. The predicted octanol–water partition coefficient (Wildman–Crippen LogP) is 9.57. The Bertz CT molecular complexity index is 2170. The Kier molecular flexibility index (Phi) is 17.5. The van der Waals surface area contributed by atoms with Crippen LogP contribution in [0.1, 0.15) is 38.2 Å². The molecule has 0 amide bonds. The van der Waals surface area contributed by atoms with Gasteiger partial charge in [-0.1, -0.05) is 91.0 Å². The van der Waals surface area contributed by atoms with Gasteiger partial charge in [0.2, 0.25) is 0 Å². The van der Waals surface area contributed by atoms with Crippen molar-refractivity contribution in [2.24, 2.45) is 0 Å². The molecular formula is C34H39BF6N9OP2RhS3-. The number of halogens is 6. The zero-order valence-electron chi connectivity index (χ0n) is 31.5. The van der Waals surface area contributed by atoms with Gasteiger partial charge in [-0.2, -0.15) is 15.3 Å². The van der Waals surface area contributed by atoms with E-state index >= 15 is 0 Å². The molecule has 57 heavy (non-hydrogen) atoms. The minimum Gasteiger partial charge on any atom is -0.0622 e. The number of rotatable bonds is 9. The Labute approximate surface area is 356 Å². The standard InChI is InChI=1S/C18H15P.C15H24BN9S3.CO.F6P.Rh/c1-4-10-16(11-5-1)19(17-12-6-2-7-13-17)18-14-8-3-9-15-18;1-7-20-10(4)17-23(13(20)26)16(24-14(27)21(8-2)11(5)18-24)25-15(28)22(9-3)12(6)19-25;1-2;1-7(2,3,4,5)6;/h1-15H;7-9H2,1-6H3;;;/q;;;-1;. The van der Waals surface area contributed by atoms with Crippen LogP contribution >= 0.6 is 52.4 Å². The number of hydrogen-bond acceptors (Lipinski definition) is 6. The van der Waals surface area contributed by atoms with Crippen LogP contribution < -0.4 is 15.9 Å². The fourth-order valence-electron chi connectivity index (χ4n) is 5.58. The van der Waals surface area contributed by atoms with Gasteiger partial charge in [0.1, 0.15) is 17.5 Å². The molecule has 6 aromatic rings. The molecule has 0 bridgehead atoms. The summed E-state index contributed by atoms with van der Waals surface area (Å²) in [6, 6.07) is 32.3. The fourth-order valence-corrected chi connectivity index (χ4v) is 9.07. The van der Waals surface area contributed by atoms with Crippen LogP contribution in [0.15, 0.2) is 91.0 Å². The Hall–Kier alpha value is -3.39. The van der Waals surface area contributed by atoms with E-state index in [2.05, 4.69) is 113 Å². The quantitative estimate of drug-likeness (QED) is 0.0359. The first-order valence-electron chi connectivity index (χ1n) is 16.9. The first-order chi connectivity index (χ1) is 26.2. The maximum Gasteiger partial charge on any atom is 0 e. The van der Waals surface area contributed by atoms with Gasteiger partial charge in [0.15, 0.2) is 14.3 Å². The fraction of sp³-hybridized carbons (Fsp3) is 0.265. The van der Waals surface area contributed by atoms with Crippen molar-refractivity contribution < 1.29 is 49.3 Å². The minimum absolute atomic E-state index is 0. The Morgan fingerprint density at radius 2 is 0.754 bits per heavy atom. The molecule has 0 saturated carbocycles. The first-order valence-corrected chi connectivity index (χ1v) is 21.5. The molecule has 0 spiro atoms.